The van der Waals surface area contributed by atoms with Crippen LogP contribution in [0.5, 0.6) is 0 Å². The second kappa shape index (κ2) is 39.8. The van der Waals surface area contributed by atoms with Crippen LogP contribution in [0.15, 0.2) is 0 Å². The van der Waals surface area contributed by atoms with Gasteiger partial charge in [0.25, 0.3) is 0 Å². The molecular weight excluding hydrogens is 735 g/mol. The van der Waals surface area contributed by atoms with Crippen molar-refractivity contribution in [3.63, 3.8) is 0 Å². The molecule has 330 valence electrons. The summed E-state index contributed by atoms with van der Waals surface area (Å²) in [6.45, 7) is 5.53. The topological polar surface area (TPSA) is 167 Å². The second-order valence-electron chi connectivity index (χ2n) is 15.2. The van der Waals surface area contributed by atoms with E-state index in [-0.39, 0.29) is 51.3 Å². The zero-order valence-corrected chi connectivity index (χ0v) is 36.8. The summed E-state index contributed by atoms with van der Waals surface area (Å²) in [6, 6.07) is 0. The molecule has 0 aliphatic heterocycles. The van der Waals surface area contributed by atoms with Gasteiger partial charge < -0.3 is 25.0 Å². The quantitative estimate of drug-likeness (QED) is 0.0306. The molecule has 0 spiro atoms. The molecule has 0 saturated carbocycles. The summed E-state index contributed by atoms with van der Waals surface area (Å²) in [5.41, 5.74) is 0. The van der Waals surface area contributed by atoms with Gasteiger partial charge >= 0.3 is 19.8 Å². The number of phosphoric ester groups is 1. The number of esters is 2. The summed E-state index contributed by atoms with van der Waals surface area (Å²) in [5.74, 6) is -1.54. The number of hydrogen-bond donors (Lipinski definition) is 3. The summed E-state index contributed by atoms with van der Waals surface area (Å²) in [4.78, 5) is 58.8. The fourth-order valence-corrected chi connectivity index (χ4v) is 7.11. The summed E-state index contributed by atoms with van der Waals surface area (Å²) >= 11 is 0. The van der Waals surface area contributed by atoms with Crippen molar-refractivity contribution in [2.75, 3.05) is 32.9 Å². The number of rotatable bonds is 42. The number of nitrogens with one attached hydrogen (secondary N) is 2. The van der Waals surface area contributed by atoms with E-state index >= 15 is 0 Å². The summed E-state index contributed by atoms with van der Waals surface area (Å²) in [7, 11) is -4.58. The molecule has 0 rings (SSSR count). The van der Waals surface area contributed by atoms with Crippen molar-refractivity contribution in [1.29, 1.82) is 0 Å². The Balaban J connectivity index is 4.54. The lowest BCUT2D eigenvalue weighted by molar-refractivity contribution is -0.161. The third-order valence-corrected chi connectivity index (χ3v) is 10.7. The molecule has 0 heterocycles. The first-order valence-electron chi connectivity index (χ1n) is 22.6. The van der Waals surface area contributed by atoms with Crippen molar-refractivity contribution in [2.45, 2.75) is 219 Å². The molecule has 0 aromatic heterocycles. The van der Waals surface area contributed by atoms with Crippen LogP contribution in [0.3, 0.4) is 0 Å². The fourth-order valence-electron chi connectivity index (χ4n) is 6.36. The van der Waals surface area contributed by atoms with E-state index in [2.05, 4.69) is 24.5 Å². The smallest absolute Gasteiger partial charge is 0.462 e. The van der Waals surface area contributed by atoms with Crippen molar-refractivity contribution < 1.29 is 47.2 Å². The molecule has 2 atom stereocenters. The first-order valence-corrected chi connectivity index (χ1v) is 24.1. The van der Waals surface area contributed by atoms with E-state index in [0.29, 0.717) is 19.4 Å². The number of amides is 2. The number of unbranched alkanes of at least 4 members (excludes halogenated alkanes) is 24. The van der Waals surface area contributed by atoms with Crippen molar-refractivity contribution >= 4 is 31.6 Å². The molecule has 2 amide bonds. The maximum absolute atomic E-state index is 12.7. The molecule has 0 aromatic rings. The van der Waals surface area contributed by atoms with Crippen LogP contribution in [0.2, 0.25) is 0 Å². The van der Waals surface area contributed by atoms with Gasteiger partial charge in [-0.15, -0.1) is 0 Å². The van der Waals surface area contributed by atoms with Gasteiger partial charge in [-0.2, -0.15) is 0 Å². The van der Waals surface area contributed by atoms with Gasteiger partial charge in [0.05, 0.1) is 13.2 Å². The maximum atomic E-state index is 12.7. The molecule has 3 N–H and O–H groups in total. The van der Waals surface area contributed by atoms with Crippen LogP contribution in [0, 0.1) is 0 Å². The van der Waals surface area contributed by atoms with Gasteiger partial charge in [-0.3, -0.25) is 28.2 Å². The maximum Gasteiger partial charge on any atom is 0.472 e. The van der Waals surface area contributed by atoms with Gasteiger partial charge in [0.2, 0.25) is 11.8 Å². The average Bonchev–Trinajstić information content (AvgIpc) is 3.17. The first kappa shape index (κ1) is 54.0. The van der Waals surface area contributed by atoms with Crippen molar-refractivity contribution in [1.82, 2.24) is 10.6 Å². The van der Waals surface area contributed by atoms with Crippen LogP contribution in [0.4, 0.5) is 0 Å². The number of carbonyl (C=O) groups is 4. The Morgan fingerprint density at radius 3 is 1.32 bits per heavy atom. The molecule has 0 aliphatic carbocycles. The van der Waals surface area contributed by atoms with Gasteiger partial charge in [0, 0.05) is 38.8 Å². The van der Waals surface area contributed by atoms with Crippen molar-refractivity contribution in [2.24, 2.45) is 0 Å². The van der Waals surface area contributed by atoms with Crippen molar-refractivity contribution in [3.8, 4) is 0 Å². The van der Waals surface area contributed by atoms with Gasteiger partial charge in [0.15, 0.2) is 6.10 Å². The Bertz CT molecular complexity index is 1020. The summed E-state index contributed by atoms with van der Waals surface area (Å²) < 4.78 is 33.5. The molecule has 0 aliphatic rings. The number of phosphoric acid groups is 1. The van der Waals surface area contributed by atoms with Gasteiger partial charge in [-0.05, 0) is 19.8 Å². The fraction of sp³-hybridized carbons (Fsp3) is 0.907. The molecule has 13 heteroatoms. The predicted molar refractivity (Wildman–Crippen MR) is 224 cm³/mol. The van der Waals surface area contributed by atoms with Crippen molar-refractivity contribution in [3.05, 3.63) is 0 Å². The van der Waals surface area contributed by atoms with E-state index in [1.165, 1.54) is 116 Å². The van der Waals surface area contributed by atoms with Crippen LogP contribution in [-0.2, 0) is 42.3 Å². The van der Waals surface area contributed by atoms with Gasteiger partial charge in [-0.1, -0.05) is 168 Å². The number of carbonyl (C=O) groups excluding carboxylic acids is 4. The highest BCUT2D eigenvalue weighted by Crippen LogP contribution is 2.43. The Labute approximate surface area is 341 Å². The molecule has 0 radical (unpaired) electrons. The normalized spacial score (nSPS) is 12.9. The zero-order valence-electron chi connectivity index (χ0n) is 35.9. The summed E-state index contributed by atoms with van der Waals surface area (Å²) in [5, 5.41) is 5.12. The van der Waals surface area contributed by atoms with Gasteiger partial charge in [-0.25, -0.2) is 4.57 Å². The Hall–Kier alpha value is -2.01. The highest BCUT2D eigenvalue weighted by atomic mass is 31.2. The number of ether oxygens (including phenoxy) is 2. The third kappa shape index (κ3) is 38.8. The Morgan fingerprint density at radius 2 is 0.893 bits per heavy atom. The van der Waals surface area contributed by atoms with Crippen LogP contribution in [-0.4, -0.2) is 67.7 Å². The SMILES string of the molecule is CCCCCCCCCCCCCCCC(=O)OC[C@H](COP(=O)(O)OCCNC(=O)CCC(=O)NCC)OC(=O)CCCCCCCCCCCCCCC. The minimum atomic E-state index is -4.58. The Kier molecular flexibility index (Phi) is 38.4. The van der Waals surface area contributed by atoms with E-state index in [1.807, 2.05) is 0 Å². The molecule has 12 nitrogen and oxygen atoms in total. The minimum Gasteiger partial charge on any atom is -0.462 e. The molecule has 1 unspecified atom stereocenters. The molecule has 0 bridgehead atoms. The van der Waals surface area contributed by atoms with E-state index in [1.54, 1.807) is 6.92 Å². The molecule has 56 heavy (non-hydrogen) atoms. The van der Waals surface area contributed by atoms with E-state index in [0.717, 1.165) is 38.5 Å². The lowest BCUT2D eigenvalue weighted by Crippen LogP contribution is -2.30. The minimum absolute atomic E-state index is 0.0243. The molecule has 0 aromatic carbocycles. The van der Waals surface area contributed by atoms with E-state index in [4.69, 9.17) is 18.5 Å². The monoisotopic (exact) mass is 819 g/mol. The van der Waals surface area contributed by atoms with Crippen LogP contribution in [0.1, 0.15) is 213 Å². The largest absolute Gasteiger partial charge is 0.472 e. The molecule has 0 fully saturated rings. The van der Waals surface area contributed by atoms with E-state index in [9.17, 15) is 28.6 Å². The average molecular weight is 819 g/mol. The lowest BCUT2D eigenvalue weighted by atomic mass is 10.0. The highest BCUT2D eigenvalue weighted by Gasteiger charge is 2.26. The van der Waals surface area contributed by atoms with Crippen LogP contribution < -0.4 is 10.6 Å². The molecule has 0 saturated heterocycles. The van der Waals surface area contributed by atoms with Crippen LogP contribution in [0.25, 0.3) is 0 Å². The molecular formula is C43H83N2O10P. The second-order valence-corrected chi connectivity index (χ2v) is 16.6. The standard InChI is InChI=1S/C43H83N2O10P/c1-4-7-9-11-13-15-17-19-21-23-25-27-29-31-42(48)52-37-39(38-54-56(50,51)53-36-35-45-41(47)34-33-40(46)44-6-3)55-43(49)32-30-28-26-24-22-20-18-16-14-12-10-8-5-2/h39H,4-38H2,1-3H3,(H,44,46)(H,45,47)(H,50,51)/t39-/m1/s1. The van der Waals surface area contributed by atoms with Crippen LogP contribution >= 0.6 is 7.82 Å². The lowest BCUT2D eigenvalue weighted by Gasteiger charge is -2.20. The third-order valence-electron chi connectivity index (χ3n) is 9.75. The van der Waals surface area contributed by atoms with Gasteiger partial charge in [0.1, 0.15) is 6.61 Å². The Morgan fingerprint density at radius 1 is 0.500 bits per heavy atom. The van der Waals surface area contributed by atoms with E-state index < -0.39 is 38.4 Å². The predicted octanol–water partition coefficient (Wildman–Crippen LogP) is 10.6. The zero-order chi connectivity index (χ0) is 41.4. The summed E-state index contributed by atoms with van der Waals surface area (Å²) in [6.07, 6.45) is 30.4. The first-order chi connectivity index (χ1) is 27.1. The highest BCUT2D eigenvalue weighted by molar-refractivity contribution is 7.47. The number of hydrogen-bond acceptors (Lipinski definition) is 9.